The minimum Gasteiger partial charge on any atom is -0.309 e. The highest BCUT2D eigenvalue weighted by molar-refractivity contribution is 5.79. The van der Waals surface area contributed by atoms with Gasteiger partial charge in [0.15, 0.2) is 0 Å². The Bertz CT molecular complexity index is 168. The van der Waals surface area contributed by atoms with E-state index >= 15 is 0 Å². The molecule has 0 aromatic carbocycles. The Morgan fingerprint density at radius 3 is 2.91 bits per heavy atom. The van der Waals surface area contributed by atoms with Gasteiger partial charge >= 0.3 is 0 Å². The van der Waals surface area contributed by atoms with Crippen molar-refractivity contribution in [2.45, 2.75) is 12.8 Å². The predicted molar refractivity (Wildman–Crippen MR) is 49.2 cm³/mol. The van der Waals surface area contributed by atoms with Crippen LogP contribution in [0.25, 0.3) is 0 Å². The molecule has 1 heterocycles. The third-order valence-corrected chi connectivity index (χ3v) is 1.77. The highest BCUT2D eigenvalue weighted by atomic mass is 15.0. The first-order valence-corrected chi connectivity index (χ1v) is 4.12. The molecule has 11 heavy (non-hydrogen) atoms. The Kier molecular flexibility index (Phi) is 3.30. The summed E-state index contributed by atoms with van der Waals surface area (Å²) in [6.45, 7) is 2.10. The van der Waals surface area contributed by atoms with Crippen LogP contribution in [-0.2, 0) is 0 Å². The van der Waals surface area contributed by atoms with Crippen LogP contribution in [0.2, 0.25) is 0 Å². The monoisotopic (exact) mass is 152 g/mol. The number of nitrogens with zero attached hydrogens (tertiary/aromatic N) is 2. The van der Waals surface area contributed by atoms with Gasteiger partial charge in [-0.3, -0.25) is 4.99 Å². The summed E-state index contributed by atoms with van der Waals surface area (Å²) in [5.41, 5.74) is 1.39. The molecule has 0 saturated heterocycles. The van der Waals surface area contributed by atoms with E-state index in [0.29, 0.717) is 0 Å². The molecule has 0 fully saturated rings. The average Bonchev–Trinajstić information content (AvgIpc) is 2.03. The minimum absolute atomic E-state index is 0.978. The van der Waals surface area contributed by atoms with Crippen molar-refractivity contribution in [3.05, 3.63) is 11.6 Å². The predicted octanol–water partition coefficient (Wildman–Crippen LogP) is 1.34. The zero-order valence-electron chi connectivity index (χ0n) is 7.38. The first-order chi connectivity index (χ1) is 5.29. The van der Waals surface area contributed by atoms with Crippen molar-refractivity contribution < 1.29 is 0 Å². The number of aliphatic imine (C=N–C) groups is 1. The fourth-order valence-electron chi connectivity index (χ4n) is 1.08. The molecule has 2 nitrogen and oxygen atoms in total. The fourth-order valence-corrected chi connectivity index (χ4v) is 1.08. The summed E-state index contributed by atoms with van der Waals surface area (Å²) in [6, 6.07) is 0. The molecule has 0 spiro atoms. The summed E-state index contributed by atoms with van der Waals surface area (Å²) in [5, 5.41) is 0. The van der Waals surface area contributed by atoms with Gasteiger partial charge in [-0.05, 0) is 32.5 Å². The third kappa shape index (κ3) is 3.33. The molecule has 0 aromatic rings. The van der Waals surface area contributed by atoms with Crippen molar-refractivity contribution in [1.82, 2.24) is 4.90 Å². The second-order valence-electron chi connectivity index (χ2n) is 3.16. The van der Waals surface area contributed by atoms with E-state index in [1.165, 1.54) is 5.57 Å². The van der Waals surface area contributed by atoms with Crippen molar-refractivity contribution in [3.63, 3.8) is 0 Å². The first kappa shape index (κ1) is 8.47. The molecule has 0 saturated carbocycles. The Hall–Kier alpha value is -0.630. The van der Waals surface area contributed by atoms with Crippen molar-refractivity contribution >= 4 is 6.21 Å². The van der Waals surface area contributed by atoms with E-state index in [-0.39, 0.29) is 0 Å². The molecule has 0 aliphatic carbocycles. The second kappa shape index (κ2) is 4.29. The van der Waals surface area contributed by atoms with E-state index in [1.807, 2.05) is 6.21 Å². The lowest BCUT2D eigenvalue weighted by molar-refractivity contribution is 0.415. The third-order valence-electron chi connectivity index (χ3n) is 1.77. The van der Waals surface area contributed by atoms with Gasteiger partial charge in [-0.25, -0.2) is 0 Å². The summed E-state index contributed by atoms with van der Waals surface area (Å²) < 4.78 is 0. The van der Waals surface area contributed by atoms with E-state index in [2.05, 4.69) is 30.1 Å². The zero-order chi connectivity index (χ0) is 8.10. The van der Waals surface area contributed by atoms with Gasteiger partial charge in [0.25, 0.3) is 0 Å². The Labute approximate surface area is 68.6 Å². The average molecular weight is 152 g/mol. The van der Waals surface area contributed by atoms with Gasteiger partial charge in [0.1, 0.15) is 0 Å². The van der Waals surface area contributed by atoms with Crippen LogP contribution in [0.5, 0.6) is 0 Å². The van der Waals surface area contributed by atoms with Crippen LogP contribution >= 0.6 is 0 Å². The summed E-state index contributed by atoms with van der Waals surface area (Å²) in [6.07, 6.45) is 6.55. The molecule has 62 valence electrons. The first-order valence-electron chi connectivity index (χ1n) is 4.12. The standard InChI is InChI=1S/C9H16N2/c1-11(2)7-5-9-4-3-6-10-8-9/h4,8H,3,5-7H2,1-2H3. The van der Waals surface area contributed by atoms with Gasteiger partial charge in [-0.1, -0.05) is 6.08 Å². The molecule has 1 aliphatic rings. The Balaban J connectivity index is 2.25. The van der Waals surface area contributed by atoms with Crippen molar-refractivity contribution in [2.75, 3.05) is 27.2 Å². The molecule has 0 radical (unpaired) electrons. The van der Waals surface area contributed by atoms with Crippen molar-refractivity contribution in [2.24, 2.45) is 4.99 Å². The van der Waals surface area contributed by atoms with E-state index in [0.717, 1.165) is 25.9 Å². The minimum atomic E-state index is 0.978. The van der Waals surface area contributed by atoms with Gasteiger partial charge in [0.2, 0.25) is 0 Å². The normalized spacial score (nSPS) is 17.2. The molecular weight excluding hydrogens is 136 g/mol. The maximum Gasteiger partial charge on any atom is 0.0424 e. The van der Waals surface area contributed by atoms with E-state index in [9.17, 15) is 0 Å². The van der Waals surface area contributed by atoms with Crippen molar-refractivity contribution in [3.8, 4) is 0 Å². The molecule has 0 aromatic heterocycles. The Morgan fingerprint density at radius 1 is 1.55 bits per heavy atom. The van der Waals surface area contributed by atoms with Gasteiger partial charge in [-0.2, -0.15) is 0 Å². The van der Waals surface area contributed by atoms with Crippen LogP contribution in [0, 0.1) is 0 Å². The molecule has 0 atom stereocenters. The largest absolute Gasteiger partial charge is 0.309 e. The van der Waals surface area contributed by atoms with Crippen LogP contribution in [0.1, 0.15) is 12.8 Å². The summed E-state index contributed by atoms with van der Waals surface area (Å²) in [4.78, 5) is 6.42. The molecule has 2 heteroatoms. The number of dihydropyridines is 1. The SMILES string of the molecule is CN(C)CCC1=CCCN=C1. The molecular formula is C9H16N2. The lowest BCUT2D eigenvalue weighted by Gasteiger charge is -2.10. The van der Waals surface area contributed by atoms with E-state index in [4.69, 9.17) is 0 Å². The molecule has 1 rings (SSSR count). The zero-order valence-corrected chi connectivity index (χ0v) is 7.38. The number of hydrogen-bond donors (Lipinski definition) is 0. The van der Waals surface area contributed by atoms with Crippen molar-refractivity contribution in [1.29, 1.82) is 0 Å². The summed E-state index contributed by atoms with van der Waals surface area (Å²) in [7, 11) is 4.20. The number of hydrogen-bond acceptors (Lipinski definition) is 2. The van der Waals surface area contributed by atoms with Crippen LogP contribution < -0.4 is 0 Å². The molecule has 0 amide bonds. The quantitative estimate of drug-likeness (QED) is 0.596. The van der Waals surface area contributed by atoms with Crippen LogP contribution in [0.15, 0.2) is 16.6 Å². The summed E-state index contributed by atoms with van der Waals surface area (Å²) in [5.74, 6) is 0. The van der Waals surface area contributed by atoms with Crippen LogP contribution in [0.4, 0.5) is 0 Å². The van der Waals surface area contributed by atoms with E-state index in [1.54, 1.807) is 0 Å². The van der Waals surface area contributed by atoms with Crippen LogP contribution in [0.3, 0.4) is 0 Å². The summed E-state index contributed by atoms with van der Waals surface area (Å²) >= 11 is 0. The molecule has 1 aliphatic heterocycles. The lowest BCUT2D eigenvalue weighted by atomic mass is 10.1. The molecule has 0 bridgehead atoms. The van der Waals surface area contributed by atoms with Gasteiger partial charge in [0.05, 0.1) is 0 Å². The highest BCUT2D eigenvalue weighted by Gasteiger charge is 1.98. The molecule has 0 N–H and O–H groups in total. The van der Waals surface area contributed by atoms with E-state index < -0.39 is 0 Å². The second-order valence-corrected chi connectivity index (χ2v) is 3.16. The van der Waals surface area contributed by atoms with Gasteiger partial charge < -0.3 is 4.90 Å². The Morgan fingerprint density at radius 2 is 2.36 bits per heavy atom. The fraction of sp³-hybridized carbons (Fsp3) is 0.667. The van der Waals surface area contributed by atoms with Gasteiger partial charge in [-0.15, -0.1) is 0 Å². The highest BCUT2D eigenvalue weighted by Crippen LogP contribution is 2.05. The lowest BCUT2D eigenvalue weighted by Crippen LogP contribution is -2.14. The topological polar surface area (TPSA) is 15.6 Å². The maximum absolute atomic E-state index is 4.22. The maximum atomic E-state index is 4.22. The smallest absolute Gasteiger partial charge is 0.0424 e. The molecule has 0 unspecified atom stereocenters. The van der Waals surface area contributed by atoms with Gasteiger partial charge in [0, 0.05) is 19.3 Å². The number of rotatable bonds is 3. The van der Waals surface area contributed by atoms with Crippen LogP contribution in [-0.4, -0.2) is 38.3 Å².